The summed E-state index contributed by atoms with van der Waals surface area (Å²) in [6.07, 6.45) is 2.57. The van der Waals surface area contributed by atoms with E-state index in [4.69, 9.17) is 10.2 Å². The third-order valence-corrected chi connectivity index (χ3v) is 4.36. The minimum absolute atomic E-state index is 0. The first-order chi connectivity index (χ1) is 9.56. The van der Waals surface area contributed by atoms with E-state index in [9.17, 15) is 9.59 Å². The summed E-state index contributed by atoms with van der Waals surface area (Å²) in [5, 5.41) is 18.8. The first-order valence-electron chi connectivity index (χ1n) is 5.29. The molecule has 6 nitrogen and oxygen atoms in total. The van der Waals surface area contributed by atoms with Crippen molar-refractivity contribution in [2.75, 3.05) is 0 Å². The van der Waals surface area contributed by atoms with Crippen LogP contribution >= 0.6 is 21.6 Å². The molecule has 0 saturated carbocycles. The molecule has 0 aliphatic carbocycles. The Morgan fingerprint density at radius 2 is 1.24 bits per heavy atom. The van der Waals surface area contributed by atoms with Gasteiger partial charge in [-0.05, 0) is 45.9 Å². The van der Waals surface area contributed by atoms with Crippen molar-refractivity contribution < 1.29 is 50.8 Å². The number of aromatic carboxylic acids is 2. The normalized spacial score (nSPS) is 9.71. The summed E-state index contributed by atoms with van der Waals surface area (Å²) in [4.78, 5) is 29.3. The summed E-state index contributed by atoms with van der Waals surface area (Å²) in [5.74, 6) is -2.04. The number of aromatic nitrogens is 2. The maximum atomic E-state index is 10.7. The van der Waals surface area contributed by atoms with Gasteiger partial charge in [0.15, 0.2) is 0 Å². The van der Waals surface area contributed by atoms with Gasteiger partial charge in [0, 0.05) is 12.4 Å². The Hall–Kier alpha value is -1.06. The number of carboxylic acid groups (broad SMARTS) is 2. The average Bonchev–Trinajstić information content (AvgIpc) is 2.46. The van der Waals surface area contributed by atoms with Crippen molar-refractivity contribution in [2.24, 2.45) is 0 Å². The molecule has 0 saturated heterocycles. The van der Waals surface area contributed by atoms with Crippen molar-refractivity contribution in [3.8, 4) is 0 Å². The number of hydrogen-bond donors (Lipinski definition) is 2. The minimum atomic E-state index is -1.02. The molecule has 2 rings (SSSR count). The molecule has 104 valence electrons. The van der Waals surface area contributed by atoms with E-state index in [1.807, 2.05) is 0 Å². The maximum absolute atomic E-state index is 10.7. The summed E-state index contributed by atoms with van der Waals surface area (Å²) in [6.45, 7) is 0. The van der Waals surface area contributed by atoms with Crippen molar-refractivity contribution >= 4 is 33.5 Å². The monoisotopic (exact) mass is 332 g/mol. The molecule has 0 spiro atoms. The van der Waals surface area contributed by atoms with Gasteiger partial charge in [0.1, 0.15) is 10.1 Å². The van der Waals surface area contributed by atoms with E-state index in [1.165, 1.54) is 46.1 Å². The van der Waals surface area contributed by atoms with Crippen LogP contribution in [0.3, 0.4) is 0 Å². The van der Waals surface area contributed by atoms with Crippen LogP contribution in [0.4, 0.5) is 0 Å². The summed E-state index contributed by atoms with van der Waals surface area (Å²) in [6, 6.07) is 6.15. The summed E-state index contributed by atoms with van der Waals surface area (Å²) in [5.41, 5.74) is 0.256. The molecule has 0 atom stereocenters. The number of carboxylic acids is 2. The van der Waals surface area contributed by atoms with Gasteiger partial charge in [0.2, 0.25) is 0 Å². The zero-order valence-corrected chi connectivity index (χ0v) is 14.5. The largest absolute Gasteiger partial charge is 1.00 e. The first-order valence-corrected chi connectivity index (χ1v) is 7.44. The second kappa shape index (κ2) is 8.40. The van der Waals surface area contributed by atoms with Crippen LogP contribution in [0.25, 0.3) is 0 Å². The van der Waals surface area contributed by atoms with Crippen LogP contribution in [0.2, 0.25) is 0 Å². The fourth-order valence-corrected chi connectivity index (χ4v) is 2.91. The molecule has 21 heavy (non-hydrogen) atoms. The maximum Gasteiger partial charge on any atom is 1.00 e. The van der Waals surface area contributed by atoms with Crippen LogP contribution in [0.15, 0.2) is 46.7 Å². The Balaban J connectivity index is 0.00000220. The molecule has 2 aromatic heterocycles. The van der Waals surface area contributed by atoms with E-state index in [-0.39, 0.29) is 42.1 Å². The van der Waals surface area contributed by atoms with Crippen LogP contribution in [-0.2, 0) is 0 Å². The molecule has 2 heterocycles. The number of carbonyl (C=O) groups is 2. The van der Waals surface area contributed by atoms with Crippen LogP contribution in [-0.4, -0.2) is 32.1 Å². The van der Waals surface area contributed by atoms with Gasteiger partial charge in [0.25, 0.3) is 0 Å². The Bertz CT molecular complexity index is 583. The predicted molar refractivity (Wildman–Crippen MR) is 75.2 cm³/mol. The van der Waals surface area contributed by atoms with Crippen molar-refractivity contribution in [1.29, 1.82) is 0 Å². The molecule has 0 radical (unpaired) electrons. The summed E-state index contributed by atoms with van der Waals surface area (Å²) < 4.78 is 0. The Morgan fingerprint density at radius 3 is 1.48 bits per heavy atom. The SMILES string of the molecule is O=C(O)c1ccc(SSc2ccc(C(=O)O)cn2)nc1.[H-].[Na+]. The van der Waals surface area contributed by atoms with Gasteiger partial charge in [0.05, 0.1) is 11.1 Å². The van der Waals surface area contributed by atoms with Gasteiger partial charge < -0.3 is 11.6 Å². The number of rotatable bonds is 5. The van der Waals surface area contributed by atoms with E-state index < -0.39 is 11.9 Å². The third kappa shape index (κ3) is 5.33. The van der Waals surface area contributed by atoms with Crippen LogP contribution in [0.1, 0.15) is 22.1 Å². The molecular formula is C12H9N2NaO4S2. The molecule has 0 amide bonds. The van der Waals surface area contributed by atoms with Crippen LogP contribution < -0.4 is 29.6 Å². The molecule has 0 fully saturated rings. The minimum Gasteiger partial charge on any atom is -1.00 e. The van der Waals surface area contributed by atoms with Gasteiger partial charge in [-0.1, -0.05) is 0 Å². The van der Waals surface area contributed by atoms with Gasteiger partial charge in [-0.2, -0.15) is 0 Å². The number of pyridine rings is 2. The van der Waals surface area contributed by atoms with Crippen LogP contribution in [0, 0.1) is 0 Å². The Kier molecular flexibility index (Phi) is 7.20. The average molecular weight is 332 g/mol. The Labute approximate surface area is 151 Å². The van der Waals surface area contributed by atoms with Gasteiger partial charge in [-0.25, -0.2) is 19.6 Å². The molecule has 0 aliphatic heterocycles. The molecule has 0 unspecified atom stereocenters. The van der Waals surface area contributed by atoms with Crippen molar-refractivity contribution in [3.63, 3.8) is 0 Å². The molecule has 0 aliphatic rings. The van der Waals surface area contributed by atoms with E-state index in [0.29, 0.717) is 10.1 Å². The zero-order chi connectivity index (χ0) is 14.5. The summed E-state index contributed by atoms with van der Waals surface area (Å²) >= 11 is 0. The quantitative estimate of drug-likeness (QED) is 0.573. The smallest absolute Gasteiger partial charge is 1.00 e. The van der Waals surface area contributed by atoms with Crippen molar-refractivity contribution in [2.45, 2.75) is 10.1 Å². The van der Waals surface area contributed by atoms with Crippen molar-refractivity contribution in [3.05, 3.63) is 47.8 Å². The summed E-state index contributed by atoms with van der Waals surface area (Å²) in [7, 11) is 2.62. The number of nitrogens with zero attached hydrogens (tertiary/aromatic N) is 2. The molecule has 0 aromatic carbocycles. The van der Waals surface area contributed by atoms with Gasteiger partial charge in [-0.3, -0.25) is 0 Å². The van der Waals surface area contributed by atoms with Crippen molar-refractivity contribution in [1.82, 2.24) is 9.97 Å². The van der Waals surface area contributed by atoms with E-state index in [2.05, 4.69) is 9.97 Å². The predicted octanol–water partition coefficient (Wildman–Crippen LogP) is -0.211. The van der Waals surface area contributed by atoms with E-state index in [0.717, 1.165) is 0 Å². The molecule has 0 bridgehead atoms. The molecular weight excluding hydrogens is 323 g/mol. The zero-order valence-electron chi connectivity index (χ0n) is 11.9. The van der Waals surface area contributed by atoms with E-state index >= 15 is 0 Å². The molecule has 2 aromatic rings. The van der Waals surface area contributed by atoms with Crippen LogP contribution in [0.5, 0.6) is 0 Å². The fraction of sp³-hybridized carbons (Fsp3) is 0. The number of hydrogen-bond acceptors (Lipinski definition) is 6. The second-order valence-electron chi connectivity index (χ2n) is 3.55. The van der Waals surface area contributed by atoms with Gasteiger partial charge in [-0.15, -0.1) is 0 Å². The standard InChI is InChI=1S/C12H8N2O4S2.Na.H/c15-11(16)7-1-3-9(13-5-7)19-20-10-4-2-8(6-14-10)12(17)18;;/h1-6H,(H,15,16)(H,17,18);;/q;+1;-1. The molecule has 9 heteroatoms. The van der Waals surface area contributed by atoms with E-state index in [1.54, 1.807) is 12.1 Å². The fourth-order valence-electron chi connectivity index (χ4n) is 1.20. The third-order valence-electron chi connectivity index (χ3n) is 2.18. The van der Waals surface area contributed by atoms with Gasteiger partial charge >= 0.3 is 41.5 Å². The Morgan fingerprint density at radius 1 is 0.857 bits per heavy atom. The second-order valence-corrected chi connectivity index (χ2v) is 5.72. The topological polar surface area (TPSA) is 100 Å². The molecule has 2 N–H and O–H groups in total. The first kappa shape index (κ1) is 18.0.